The number of aryl methyl sites for hydroxylation is 4. The molecule has 0 aromatic heterocycles. The predicted octanol–water partition coefficient (Wildman–Crippen LogP) is 8.48. The fourth-order valence-corrected chi connectivity index (χ4v) is 4.07. The Morgan fingerprint density at radius 3 is 1.48 bits per heavy atom. The molecule has 0 saturated heterocycles. The molecule has 0 unspecified atom stereocenters. The molecule has 0 atom stereocenters. The maximum Gasteiger partial charge on any atom is 0.167 e. The van der Waals surface area contributed by atoms with Gasteiger partial charge in [0, 0.05) is 11.1 Å². The Morgan fingerprint density at radius 1 is 0.545 bits per heavy atom. The Labute approximate surface area is 193 Å². The quantitative estimate of drug-likeness (QED) is 0.268. The molecule has 0 nitrogen and oxygen atoms in total. The molecule has 4 rings (SSSR count). The van der Waals surface area contributed by atoms with E-state index in [0.717, 1.165) is 30.4 Å². The average Bonchev–Trinajstić information content (AvgIpc) is 2.83. The zero-order chi connectivity index (χ0) is 23.4. The normalized spacial score (nSPS) is 11.1. The van der Waals surface area contributed by atoms with Gasteiger partial charge in [-0.2, -0.15) is 0 Å². The lowest BCUT2D eigenvalue weighted by Crippen LogP contribution is -1.96. The van der Waals surface area contributed by atoms with Crippen LogP contribution in [-0.2, 0) is 19.3 Å². The number of benzene rings is 4. The first-order valence-electron chi connectivity index (χ1n) is 11.4. The summed E-state index contributed by atoms with van der Waals surface area (Å²) in [5.41, 5.74) is 5.62. The molecular formula is C30H27F3. The van der Waals surface area contributed by atoms with Crippen LogP contribution in [0.5, 0.6) is 0 Å². The summed E-state index contributed by atoms with van der Waals surface area (Å²) < 4.78 is 43.6. The topological polar surface area (TPSA) is 0 Å². The van der Waals surface area contributed by atoms with Crippen molar-refractivity contribution in [2.75, 3.05) is 0 Å². The van der Waals surface area contributed by atoms with Crippen LogP contribution in [0, 0.1) is 24.4 Å². The smallest absolute Gasteiger partial charge is 0.167 e. The van der Waals surface area contributed by atoms with Crippen molar-refractivity contribution in [2.24, 2.45) is 0 Å². The van der Waals surface area contributed by atoms with E-state index in [1.807, 2.05) is 54.6 Å². The second kappa shape index (κ2) is 10.1. The van der Waals surface area contributed by atoms with E-state index in [9.17, 15) is 13.2 Å². The fraction of sp³-hybridized carbons (Fsp3) is 0.200. The van der Waals surface area contributed by atoms with Crippen molar-refractivity contribution >= 4 is 0 Å². The minimum atomic E-state index is -0.840. The molecule has 3 heteroatoms. The van der Waals surface area contributed by atoms with Crippen molar-refractivity contribution in [2.45, 2.75) is 39.5 Å². The van der Waals surface area contributed by atoms with Crippen LogP contribution in [0.4, 0.5) is 13.2 Å². The number of hydrogen-bond donors (Lipinski definition) is 0. The van der Waals surface area contributed by atoms with Gasteiger partial charge in [-0.15, -0.1) is 0 Å². The Morgan fingerprint density at radius 2 is 1.00 bits per heavy atom. The van der Waals surface area contributed by atoms with Crippen molar-refractivity contribution in [1.29, 1.82) is 0 Å². The van der Waals surface area contributed by atoms with Crippen molar-refractivity contribution in [3.05, 3.63) is 119 Å². The highest BCUT2D eigenvalue weighted by Gasteiger charge is 2.16. The molecule has 4 aromatic carbocycles. The van der Waals surface area contributed by atoms with Gasteiger partial charge in [-0.1, -0.05) is 86.1 Å². The summed E-state index contributed by atoms with van der Waals surface area (Å²) in [6.07, 6.45) is 3.46. The highest BCUT2D eigenvalue weighted by atomic mass is 19.2. The lowest BCUT2D eigenvalue weighted by Gasteiger charge is -2.11. The summed E-state index contributed by atoms with van der Waals surface area (Å²) in [5, 5.41) is 0. The summed E-state index contributed by atoms with van der Waals surface area (Å²) in [7, 11) is 0. The van der Waals surface area contributed by atoms with Gasteiger partial charge in [0.05, 0.1) is 0 Å². The second-order valence-electron chi connectivity index (χ2n) is 8.52. The van der Waals surface area contributed by atoms with Gasteiger partial charge in [0.1, 0.15) is 5.82 Å². The molecule has 0 aliphatic heterocycles. The molecule has 0 radical (unpaired) electrons. The van der Waals surface area contributed by atoms with Crippen molar-refractivity contribution < 1.29 is 13.2 Å². The molecule has 0 saturated carbocycles. The molecule has 168 valence electrons. The van der Waals surface area contributed by atoms with E-state index >= 15 is 0 Å². The molecule has 33 heavy (non-hydrogen) atoms. The molecule has 0 spiro atoms. The van der Waals surface area contributed by atoms with Crippen LogP contribution in [0.25, 0.3) is 22.3 Å². The van der Waals surface area contributed by atoms with E-state index in [1.54, 1.807) is 31.2 Å². The van der Waals surface area contributed by atoms with Crippen molar-refractivity contribution in [1.82, 2.24) is 0 Å². The van der Waals surface area contributed by atoms with E-state index in [2.05, 4.69) is 6.92 Å². The summed E-state index contributed by atoms with van der Waals surface area (Å²) >= 11 is 0. The fourth-order valence-electron chi connectivity index (χ4n) is 4.07. The first kappa shape index (κ1) is 22.8. The van der Waals surface area contributed by atoms with Crippen LogP contribution in [0.2, 0.25) is 0 Å². The third-order valence-corrected chi connectivity index (χ3v) is 6.09. The summed E-state index contributed by atoms with van der Waals surface area (Å²) in [4.78, 5) is 0. The maximum absolute atomic E-state index is 15.0. The molecule has 0 amide bonds. The third kappa shape index (κ3) is 5.19. The summed E-state index contributed by atoms with van der Waals surface area (Å²) in [6.45, 7) is 3.86. The standard InChI is InChI=1S/C30H27F3/c1-3-4-21-9-13-24(14-10-21)26-17-18-27(30(33)29(26)32)25-15-11-22(12-16-25)7-8-23-6-5-20(2)28(31)19-23/h5-6,9-19H,3-4,7-8H2,1-2H3. The Kier molecular flexibility index (Phi) is 6.98. The van der Waals surface area contributed by atoms with Gasteiger partial charge in [0.15, 0.2) is 11.6 Å². The average molecular weight is 445 g/mol. The SMILES string of the molecule is CCCc1ccc(-c2ccc(-c3ccc(CCc4ccc(C)c(F)c4)cc3)c(F)c2F)cc1. The van der Waals surface area contributed by atoms with E-state index in [0.29, 0.717) is 23.1 Å². The first-order valence-corrected chi connectivity index (χ1v) is 11.4. The molecule has 0 fully saturated rings. The summed E-state index contributed by atoms with van der Waals surface area (Å²) in [5.74, 6) is -1.87. The highest BCUT2D eigenvalue weighted by Crippen LogP contribution is 2.32. The van der Waals surface area contributed by atoms with Crippen molar-refractivity contribution in [3.63, 3.8) is 0 Å². The van der Waals surface area contributed by atoms with Gasteiger partial charge in [0.25, 0.3) is 0 Å². The van der Waals surface area contributed by atoms with E-state index in [4.69, 9.17) is 0 Å². The first-order chi connectivity index (χ1) is 16.0. The highest BCUT2D eigenvalue weighted by molar-refractivity contribution is 5.72. The maximum atomic E-state index is 15.0. The van der Waals surface area contributed by atoms with Crippen LogP contribution < -0.4 is 0 Å². The predicted molar refractivity (Wildman–Crippen MR) is 130 cm³/mol. The third-order valence-electron chi connectivity index (χ3n) is 6.09. The van der Waals surface area contributed by atoms with Gasteiger partial charge in [-0.25, -0.2) is 13.2 Å². The Bertz CT molecular complexity index is 1240. The Balaban J connectivity index is 1.50. The lowest BCUT2D eigenvalue weighted by atomic mass is 9.96. The van der Waals surface area contributed by atoms with Crippen LogP contribution in [0.15, 0.2) is 78.9 Å². The van der Waals surface area contributed by atoms with Crippen LogP contribution in [-0.4, -0.2) is 0 Å². The molecule has 4 aromatic rings. The van der Waals surface area contributed by atoms with Gasteiger partial charge >= 0.3 is 0 Å². The van der Waals surface area contributed by atoms with Crippen molar-refractivity contribution in [3.8, 4) is 22.3 Å². The van der Waals surface area contributed by atoms with Crippen LogP contribution in [0.1, 0.15) is 35.6 Å². The zero-order valence-corrected chi connectivity index (χ0v) is 19.0. The van der Waals surface area contributed by atoms with E-state index < -0.39 is 11.6 Å². The minimum Gasteiger partial charge on any atom is -0.207 e. The molecule has 0 aliphatic carbocycles. The number of hydrogen-bond acceptors (Lipinski definition) is 0. The second-order valence-corrected chi connectivity index (χ2v) is 8.52. The zero-order valence-electron chi connectivity index (χ0n) is 19.0. The van der Waals surface area contributed by atoms with Gasteiger partial charge in [-0.3, -0.25) is 0 Å². The molecule has 0 heterocycles. The van der Waals surface area contributed by atoms with Gasteiger partial charge in [0.2, 0.25) is 0 Å². The van der Waals surface area contributed by atoms with Gasteiger partial charge in [-0.05, 0) is 65.6 Å². The van der Waals surface area contributed by atoms with Gasteiger partial charge < -0.3 is 0 Å². The number of halogens is 3. The Hall–Kier alpha value is -3.33. The molecule has 0 bridgehead atoms. The van der Waals surface area contributed by atoms with E-state index in [1.165, 1.54) is 5.56 Å². The van der Waals surface area contributed by atoms with E-state index in [-0.39, 0.29) is 16.9 Å². The largest absolute Gasteiger partial charge is 0.207 e. The number of rotatable bonds is 7. The monoisotopic (exact) mass is 444 g/mol. The minimum absolute atomic E-state index is 0.194. The van der Waals surface area contributed by atoms with Crippen LogP contribution in [0.3, 0.4) is 0 Å². The lowest BCUT2D eigenvalue weighted by molar-refractivity contribution is 0.514. The molecule has 0 N–H and O–H groups in total. The van der Waals surface area contributed by atoms with Crippen LogP contribution >= 0.6 is 0 Å². The molecular weight excluding hydrogens is 417 g/mol. The summed E-state index contributed by atoms with van der Waals surface area (Å²) in [6, 6.07) is 23.6. The molecule has 0 aliphatic rings.